The predicted octanol–water partition coefficient (Wildman–Crippen LogP) is 4.07. The first kappa shape index (κ1) is 12.0. The van der Waals surface area contributed by atoms with Gasteiger partial charge in [-0.3, -0.25) is 0 Å². The lowest BCUT2D eigenvalue weighted by atomic mass is 9.97. The molecule has 1 fully saturated rings. The summed E-state index contributed by atoms with van der Waals surface area (Å²) in [5, 5.41) is 2.44. The molecule has 3 rings (SSSR count). The van der Waals surface area contributed by atoms with E-state index in [1.807, 2.05) is 6.07 Å². The summed E-state index contributed by atoms with van der Waals surface area (Å²) in [4.78, 5) is 0.359. The lowest BCUT2D eigenvalue weighted by Crippen LogP contribution is -2.08. The maximum Gasteiger partial charge on any atom is 0.125 e. The molecule has 94 valence electrons. The molecule has 2 unspecified atom stereocenters. The van der Waals surface area contributed by atoms with Crippen LogP contribution in [0.3, 0.4) is 0 Å². The minimum Gasteiger partial charge on any atom is -0.496 e. The molecule has 1 aliphatic rings. The van der Waals surface area contributed by atoms with E-state index < -0.39 is 0 Å². The molecule has 0 aromatic heterocycles. The number of alkyl halides is 1. The van der Waals surface area contributed by atoms with Crippen molar-refractivity contribution in [3.63, 3.8) is 0 Å². The Bertz CT molecular complexity index is 567. The van der Waals surface area contributed by atoms with Crippen LogP contribution < -0.4 is 4.74 Å². The molecule has 2 nitrogen and oxygen atoms in total. The molecule has 0 spiro atoms. The Balaban J connectivity index is 2.23. The van der Waals surface area contributed by atoms with Crippen molar-refractivity contribution in [2.75, 3.05) is 13.7 Å². The van der Waals surface area contributed by atoms with Crippen LogP contribution in [0.1, 0.15) is 18.1 Å². The maximum atomic E-state index is 5.87. The van der Waals surface area contributed by atoms with Crippen LogP contribution in [0.5, 0.6) is 5.75 Å². The van der Waals surface area contributed by atoms with Crippen molar-refractivity contribution < 1.29 is 9.47 Å². The molecular formula is C15H15BrO2. The highest BCUT2D eigenvalue weighted by atomic mass is 79.9. The highest BCUT2D eigenvalue weighted by Gasteiger charge is 2.31. The Morgan fingerprint density at radius 2 is 2.06 bits per heavy atom. The minimum atomic E-state index is 0.0750. The van der Waals surface area contributed by atoms with Gasteiger partial charge in [0.15, 0.2) is 0 Å². The number of ether oxygens (including phenoxy) is 2. The number of hydrogen-bond acceptors (Lipinski definition) is 2. The van der Waals surface area contributed by atoms with Gasteiger partial charge >= 0.3 is 0 Å². The van der Waals surface area contributed by atoms with Gasteiger partial charge in [-0.15, -0.1) is 0 Å². The largest absolute Gasteiger partial charge is 0.496 e. The van der Waals surface area contributed by atoms with Gasteiger partial charge < -0.3 is 9.47 Å². The van der Waals surface area contributed by atoms with Crippen LogP contribution in [0.15, 0.2) is 36.4 Å². The fourth-order valence-electron chi connectivity index (χ4n) is 2.57. The average Bonchev–Trinajstić information content (AvgIpc) is 2.83. The van der Waals surface area contributed by atoms with E-state index in [9.17, 15) is 0 Å². The van der Waals surface area contributed by atoms with Crippen LogP contribution in [0.4, 0.5) is 0 Å². The van der Waals surface area contributed by atoms with Gasteiger partial charge in [0.05, 0.1) is 13.2 Å². The third kappa shape index (κ3) is 1.91. The van der Waals surface area contributed by atoms with Crippen molar-refractivity contribution in [2.24, 2.45) is 0 Å². The third-order valence-electron chi connectivity index (χ3n) is 3.45. The van der Waals surface area contributed by atoms with Gasteiger partial charge in [-0.2, -0.15) is 0 Å². The second-order valence-electron chi connectivity index (χ2n) is 4.50. The van der Waals surface area contributed by atoms with Crippen molar-refractivity contribution in [3.8, 4) is 5.75 Å². The lowest BCUT2D eigenvalue weighted by Gasteiger charge is -2.19. The Morgan fingerprint density at radius 1 is 1.22 bits per heavy atom. The minimum absolute atomic E-state index is 0.0750. The van der Waals surface area contributed by atoms with E-state index >= 15 is 0 Å². The van der Waals surface area contributed by atoms with Crippen LogP contribution in [0.25, 0.3) is 10.8 Å². The molecule has 0 N–H and O–H groups in total. The first-order valence-electron chi connectivity index (χ1n) is 6.12. The quantitative estimate of drug-likeness (QED) is 0.779. The molecule has 2 aromatic rings. The molecule has 0 radical (unpaired) electrons. The van der Waals surface area contributed by atoms with E-state index in [2.05, 4.69) is 46.3 Å². The molecule has 0 saturated carbocycles. The molecular weight excluding hydrogens is 292 g/mol. The molecule has 3 heteroatoms. The van der Waals surface area contributed by atoms with Gasteiger partial charge in [-0.25, -0.2) is 0 Å². The van der Waals surface area contributed by atoms with Gasteiger partial charge in [-0.05, 0) is 23.3 Å². The van der Waals surface area contributed by atoms with E-state index in [4.69, 9.17) is 9.47 Å². The summed E-state index contributed by atoms with van der Waals surface area (Å²) in [6.45, 7) is 0.799. The Hall–Kier alpha value is -1.06. The van der Waals surface area contributed by atoms with E-state index in [-0.39, 0.29) is 6.10 Å². The fourth-order valence-corrected chi connectivity index (χ4v) is 3.18. The smallest absolute Gasteiger partial charge is 0.125 e. The van der Waals surface area contributed by atoms with Crippen LogP contribution in [0, 0.1) is 0 Å². The molecule has 0 bridgehead atoms. The molecule has 1 heterocycles. The molecule has 2 aromatic carbocycles. The van der Waals surface area contributed by atoms with Crippen molar-refractivity contribution in [1.82, 2.24) is 0 Å². The van der Waals surface area contributed by atoms with Crippen LogP contribution in [-0.4, -0.2) is 18.5 Å². The molecule has 18 heavy (non-hydrogen) atoms. The Kier molecular flexibility index (Phi) is 3.27. The summed E-state index contributed by atoms with van der Waals surface area (Å²) in [5.74, 6) is 0.907. The van der Waals surface area contributed by atoms with Crippen molar-refractivity contribution in [2.45, 2.75) is 17.4 Å². The zero-order valence-corrected chi connectivity index (χ0v) is 11.8. The lowest BCUT2D eigenvalue weighted by molar-refractivity contribution is 0.113. The summed E-state index contributed by atoms with van der Waals surface area (Å²) in [6, 6.07) is 12.5. The van der Waals surface area contributed by atoms with E-state index in [1.54, 1.807) is 7.11 Å². The summed E-state index contributed by atoms with van der Waals surface area (Å²) >= 11 is 3.71. The summed E-state index contributed by atoms with van der Waals surface area (Å²) in [6.07, 6.45) is 1.11. The van der Waals surface area contributed by atoms with E-state index in [0.29, 0.717) is 4.83 Å². The number of benzene rings is 2. The van der Waals surface area contributed by atoms with Crippen LogP contribution >= 0.6 is 15.9 Å². The first-order chi connectivity index (χ1) is 8.81. The molecule has 1 aliphatic heterocycles. The Morgan fingerprint density at radius 3 is 2.78 bits per heavy atom. The van der Waals surface area contributed by atoms with Crippen LogP contribution in [0.2, 0.25) is 0 Å². The van der Waals surface area contributed by atoms with Gasteiger partial charge in [0.25, 0.3) is 0 Å². The van der Waals surface area contributed by atoms with Gasteiger partial charge in [-0.1, -0.05) is 46.3 Å². The zero-order valence-electron chi connectivity index (χ0n) is 10.2. The number of halogens is 1. The van der Waals surface area contributed by atoms with E-state index in [0.717, 1.165) is 24.3 Å². The highest BCUT2D eigenvalue weighted by Crippen LogP contribution is 2.42. The molecule has 0 amide bonds. The maximum absolute atomic E-state index is 5.87. The summed E-state index contributed by atoms with van der Waals surface area (Å²) < 4.78 is 11.4. The first-order valence-corrected chi connectivity index (χ1v) is 7.04. The fraction of sp³-hybridized carbons (Fsp3) is 0.333. The number of rotatable bonds is 2. The van der Waals surface area contributed by atoms with Crippen molar-refractivity contribution >= 4 is 26.7 Å². The standard InChI is InChI=1S/C15H15BrO2/c1-17-13-7-6-10-4-2-3-5-11(10)14(13)15-12(16)8-9-18-15/h2-7,12,15H,8-9H2,1H3. The Labute approximate surface area is 115 Å². The molecule has 0 aliphatic carbocycles. The average molecular weight is 307 g/mol. The SMILES string of the molecule is COc1ccc2ccccc2c1C1OCCC1Br. The summed E-state index contributed by atoms with van der Waals surface area (Å²) in [7, 11) is 1.71. The van der Waals surface area contributed by atoms with E-state index in [1.165, 1.54) is 10.8 Å². The molecule has 1 saturated heterocycles. The van der Waals surface area contributed by atoms with Gasteiger partial charge in [0, 0.05) is 17.0 Å². The normalized spacial score (nSPS) is 23.4. The molecule has 2 atom stereocenters. The highest BCUT2D eigenvalue weighted by molar-refractivity contribution is 9.09. The van der Waals surface area contributed by atoms with Crippen LogP contribution in [-0.2, 0) is 4.74 Å². The van der Waals surface area contributed by atoms with Crippen molar-refractivity contribution in [3.05, 3.63) is 42.0 Å². The zero-order chi connectivity index (χ0) is 12.5. The topological polar surface area (TPSA) is 18.5 Å². The van der Waals surface area contributed by atoms with Gasteiger partial charge in [0.1, 0.15) is 5.75 Å². The number of hydrogen-bond donors (Lipinski definition) is 0. The number of methoxy groups -OCH3 is 1. The van der Waals surface area contributed by atoms with Crippen molar-refractivity contribution in [1.29, 1.82) is 0 Å². The third-order valence-corrected chi connectivity index (χ3v) is 4.39. The summed E-state index contributed by atoms with van der Waals surface area (Å²) in [5.41, 5.74) is 1.16. The van der Waals surface area contributed by atoms with Gasteiger partial charge in [0.2, 0.25) is 0 Å². The predicted molar refractivity (Wildman–Crippen MR) is 76.5 cm³/mol. The second-order valence-corrected chi connectivity index (χ2v) is 5.67. The monoisotopic (exact) mass is 306 g/mol. The second kappa shape index (κ2) is 4.90. The number of fused-ring (bicyclic) bond motifs is 1.